The normalized spacial score (nSPS) is 27.6. The van der Waals surface area contributed by atoms with Crippen LogP contribution in [-0.4, -0.2) is 0 Å². The van der Waals surface area contributed by atoms with E-state index in [1.807, 2.05) is 12.2 Å². The molecule has 0 aromatic rings. The van der Waals surface area contributed by atoms with Gasteiger partial charge in [0.15, 0.2) is 0 Å². The first-order valence-electron chi connectivity index (χ1n) is 2.38. The highest BCUT2D eigenvalue weighted by atomic mass is 13.9. The highest BCUT2D eigenvalue weighted by molar-refractivity contribution is 5.01. The van der Waals surface area contributed by atoms with Crippen LogP contribution in [0.25, 0.3) is 0 Å². The Labute approximate surface area is 33.9 Å². The molecule has 0 aromatic heterocycles. The first-order chi connectivity index (χ1) is 2.89. The van der Waals surface area contributed by atoms with Crippen molar-refractivity contribution < 1.29 is 1.37 Å². The van der Waals surface area contributed by atoms with Gasteiger partial charge in [0.05, 0.1) is 0 Å². The van der Waals surface area contributed by atoms with Gasteiger partial charge in [-0.05, 0) is 19.2 Å². The minimum absolute atomic E-state index is 0.773. The van der Waals surface area contributed by atoms with Crippen LogP contribution < -0.4 is 0 Å². The van der Waals surface area contributed by atoms with E-state index in [0.29, 0.717) is 0 Å². The van der Waals surface area contributed by atoms with Crippen molar-refractivity contribution >= 4 is 0 Å². The molecular formula is C5H7. The molecule has 0 amide bonds. The molecule has 0 fully saturated rings. The maximum atomic E-state index is 6.96. The fourth-order valence-electron chi connectivity index (χ4n) is 0.417. The Kier molecular flexibility index (Phi) is 0.503. The van der Waals surface area contributed by atoms with Crippen molar-refractivity contribution in [3.8, 4) is 0 Å². The average molecular weight is 68.1 g/mol. The van der Waals surface area contributed by atoms with Crippen LogP contribution in [0.4, 0.5) is 0 Å². The number of hydrogen-bond donors (Lipinski definition) is 0. The Morgan fingerprint density at radius 2 is 2.60 bits per heavy atom. The largest absolute Gasteiger partial charge is 0.0882 e. The van der Waals surface area contributed by atoms with Gasteiger partial charge in [-0.25, -0.2) is 0 Å². The Morgan fingerprint density at radius 1 is 1.60 bits per heavy atom. The van der Waals surface area contributed by atoms with E-state index >= 15 is 0 Å². The van der Waals surface area contributed by atoms with Gasteiger partial charge in [0.2, 0.25) is 0 Å². The van der Waals surface area contributed by atoms with Gasteiger partial charge in [0.1, 0.15) is 0 Å². The lowest BCUT2D eigenvalue weighted by atomic mass is 10.4. The third-order valence-corrected chi connectivity index (χ3v) is 0.691. The van der Waals surface area contributed by atoms with Gasteiger partial charge in [-0.3, -0.25) is 0 Å². The second-order valence-corrected chi connectivity index (χ2v) is 1.15. The molecule has 0 unspecified atom stereocenters. The van der Waals surface area contributed by atoms with Crippen LogP contribution in [0.3, 0.4) is 0 Å². The Bertz CT molecular complexity index is 66.3. The molecule has 0 heterocycles. The second-order valence-electron chi connectivity index (χ2n) is 1.15. The van der Waals surface area contributed by atoms with Gasteiger partial charge in [0.25, 0.3) is 0 Å². The highest BCUT2D eigenvalue weighted by Crippen LogP contribution is 2.03. The summed E-state index contributed by atoms with van der Waals surface area (Å²) in [7, 11) is 0. The van der Waals surface area contributed by atoms with Crippen molar-refractivity contribution in [2.24, 2.45) is 0 Å². The molecule has 1 aliphatic carbocycles. The molecule has 0 spiro atoms. The van der Waals surface area contributed by atoms with Crippen molar-refractivity contribution in [2.45, 2.75) is 12.8 Å². The summed E-state index contributed by atoms with van der Waals surface area (Å²) in [6.07, 6.45) is 6.70. The van der Waals surface area contributed by atoms with E-state index in [-0.39, 0.29) is 0 Å². The minimum Gasteiger partial charge on any atom is -0.0882 e. The van der Waals surface area contributed by atoms with Gasteiger partial charge in [-0.2, -0.15) is 0 Å². The number of allylic oxidation sites excluding steroid dienone is 2. The molecule has 1 aliphatic rings. The van der Waals surface area contributed by atoms with Crippen LogP contribution >= 0.6 is 0 Å². The van der Waals surface area contributed by atoms with Crippen molar-refractivity contribution in [3.05, 3.63) is 18.5 Å². The van der Waals surface area contributed by atoms with Crippen LogP contribution in [0, 0.1) is 6.40 Å². The summed E-state index contributed by atoms with van der Waals surface area (Å²) < 4.78 is 6.96. The number of rotatable bonds is 0. The molecule has 0 aromatic carbocycles. The van der Waals surface area contributed by atoms with E-state index in [1.54, 1.807) is 0 Å². The Morgan fingerprint density at radius 3 is 2.80 bits per heavy atom. The lowest BCUT2D eigenvalue weighted by molar-refractivity contribution is 1.06. The zero-order valence-corrected chi connectivity index (χ0v) is 3.07. The van der Waals surface area contributed by atoms with Crippen molar-refractivity contribution in [3.63, 3.8) is 0 Å². The Balaban J connectivity index is 2.38. The number of hydrogen-bond acceptors (Lipinski definition) is 0. The van der Waals surface area contributed by atoms with E-state index in [2.05, 4.69) is 0 Å². The molecule has 1 radical (unpaired) electrons. The third kappa shape index (κ3) is 0.504. The molecule has 5 heavy (non-hydrogen) atoms. The summed E-state index contributed by atoms with van der Waals surface area (Å²) in [6.45, 7) is 0. The second kappa shape index (κ2) is 1.25. The van der Waals surface area contributed by atoms with E-state index in [9.17, 15) is 0 Å². The van der Waals surface area contributed by atoms with Crippen LogP contribution in [0.15, 0.2) is 12.2 Å². The SMILES string of the molecule is [2H][C]1C=CCC1. The topological polar surface area (TPSA) is 0 Å². The fraction of sp³-hybridized carbons (Fsp3) is 0.400. The van der Waals surface area contributed by atoms with Gasteiger partial charge < -0.3 is 0 Å². The van der Waals surface area contributed by atoms with Crippen molar-refractivity contribution in [1.82, 2.24) is 0 Å². The highest BCUT2D eigenvalue weighted by Gasteiger charge is 1.85. The quantitative estimate of drug-likeness (QED) is 0.404. The molecular weight excluding hydrogens is 60.1 g/mol. The molecule has 0 nitrogen and oxygen atoms in total. The van der Waals surface area contributed by atoms with E-state index in [0.717, 1.165) is 19.2 Å². The van der Waals surface area contributed by atoms with E-state index in [4.69, 9.17) is 1.37 Å². The van der Waals surface area contributed by atoms with E-state index < -0.39 is 0 Å². The van der Waals surface area contributed by atoms with Crippen LogP contribution in [0.5, 0.6) is 0 Å². The molecule has 0 atom stereocenters. The van der Waals surface area contributed by atoms with Gasteiger partial charge in [0, 0.05) is 1.37 Å². The van der Waals surface area contributed by atoms with E-state index in [1.165, 1.54) is 0 Å². The molecule has 0 bridgehead atoms. The molecule has 0 N–H and O–H groups in total. The van der Waals surface area contributed by atoms with Gasteiger partial charge in [-0.15, -0.1) is 0 Å². The van der Waals surface area contributed by atoms with Crippen molar-refractivity contribution in [2.75, 3.05) is 0 Å². The molecule has 0 aliphatic heterocycles. The molecule has 0 heteroatoms. The third-order valence-electron chi connectivity index (χ3n) is 0.691. The summed E-state index contributed by atoms with van der Waals surface area (Å²) in [5, 5.41) is 0. The standard InChI is InChI=1S/C5H7/c1-2-4-5-3-1/h1-3H,4-5H2/i2D. The molecule has 1 rings (SSSR count). The molecule has 27 valence electrons. The summed E-state index contributed by atoms with van der Waals surface area (Å²) in [5.74, 6) is 0. The van der Waals surface area contributed by atoms with Crippen LogP contribution in [0.1, 0.15) is 14.2 Å². The Hall–Kier alpha value is -0.260. The predicted octanol–water partition coefficient (Wildman–Crippen LogP) is 1.54. The fourth-order valence-corrected chi connectivity index (χ4v) is 0.417. The summed E-state index contributed by atoms with van der Waals surface area (Å²) in [5.41, 5.74) is 0. The zero-order chi connectivity index (χ0) is 4.41. The smallest absolute Gasteiger partial charge is 0.0352 e. The first-order valence-corrected chi connectivity index (χ1v) is 1.88. The van der Waals surface area contributed by atoms with Crippen LogP contribution in [-0.2, 0) is 0 Å². The summed E-state index contributed by atoms with van der Waals surface area (Å²) >= 11 is 0. The van der Waals surface area contributed by atoms with Crippen molar-refractivity contribution in [1.29, 1.82) is 0 Å². The summed E-state index contributed by atoms with van der Waals surface area (Å²) in [6, 6.07) is 0. The lowest BCUT2D eigenvalue weighted by Crippen LogP contribution is -1.51. The average Bonchev–Trinajstić information content (AvgIpc) is 1.86. The molecule has 0 saturated heterocycles. The first kappa shape index (κ1) is 2.01. The zero-order valence-electron chi connectivity index (χ0n) is 4.07. The lowest BCUT2D eigenvalue weighted by Gasteiger charge is -1.68. The molecule has 0 saturated carbocycles. The minimum atomic E-state index is 0.773. The van der Waals surface area contributed by atoms with Crippen LogP contribution in [0.2, 0.25) is 0 Å². The predicted molar refractivity (Wildman–Crippen MR) is 22.7 cm³/mol. The maximum Gasteiger partial charge on any atom is 0.0352 e. The van der Waals surface area contributed by atoms with Gasteiger partial charge >= 0.3 is 0 Å². The maximum absolute atomic E-state index is 6.96. The monoisotopic (exact) mass is 68.1 g/mol. The summed E-state index contributed by atoms with van der Waals surface area (Å²) in [4.78, 5) is 0. The van der Waals surface area contributed by atoms with Gasteiger partial charge in [-0.1, -0.05) is 12.2 Å².